The van der Waals surface area contributed by atoms with Gasteiger partial charge in [-0.15, -0.1) is 0 Å². The fourth-order valence-electron chi connectivity index (χ4n) is 1.80. The molecule has 4 nitrogen and oxygen atoms in total. The van der Waals surface area contributed by atoms with Crippen LogP contribution in [-0.2, 0) is 13.6 Å². The number of hydrogen-bond donors (Lipinski definition) is 1. The Hall–Kier alpha value is -1.83. The van der Waals surface area contributed by atoms with Crippen LogP contribution in [0.3, 0.4) is 0 Å². The lowest BCUT2D eigenvalue weighted by Gasteiger charge is -2.14. The quantitative estimate of drug-likeness (QED) is 0.933. The molecular weight excluding hydrogens is 260 g/mol. The van der Waals surface area contributed by atoms with Gasteiger partial charge in [-0.05, 0) is 24.6 Å². The van der Waals surface area contributed by atoms with Crippen LogP contribution in [0.25, 0.3) is 0 Å². The number of hydrogen-bond acceptors (Lipinski definition) is 3. The third kappa shape index (κ3) is 3.14. The van der Waals surface area contributed by atoms with Crippen LogP contribution in [0.5, 0.6) is 0 Å². The topological polar surface area (TPSA) is 53.6 Å². The first-order valence-electron chi connectivity index (χ1n) is 6.01. The second-order valence-electron chi connectivity index (χ2n) is 4.39. The number of aromatic nitrogens is 2. The van der Waals surface area contributed by atoms with Gasteiger partial charge in [-0.1, -0.05) is 23.7 Å². The zero-order valence-electron chi connectivity index (χ0n) is 10.9. The molecule has 0 saturated heterocycles. The van der Waals surface area contributed by atoms with Crippen molar-refractivity contribution in [1.29, 1.82) is 5.26 Å². The van der Waals surface area contributed by atoms with Gasteiger partial charge in [0.05, 0.1) is 24.4 Å². The summed E-state index contributed by atoms with van der Waals surface area (Å²) in [5.41, 5.74) is 1.81. The Balaban J connectivity index is 1.99. The SMILES string of the molecule is CC(NCc1ncc(Cl)n1C)c1ccc(C#N)cc1. The molecule has 5 heteroatoms. The van der Waals surface area contributed by atoms with Crippen molar-refractivity contribution in [3.63, 3.8) is 0 Å². The second kappa shape index (κ2) is 5.87. The minimum atomic E-state index is 0.184. The minimum absolute atomic E-state index is 0.184. The Kier molecular flexibility index (Phi) is 4.20. The summed E-state index contributed by atoms with van der Waals surface area (Å²) in [6.07, 6.45) is 1.64. The van der Waals surface area contributed by atoms with Crippen LogP contribution in [0, 0.1) is 11.3 Å². The molecule has 0 bridgehead atoms. The lowest BCUT2D eigenvalue weighted by atomic mass is 10.1. The summed E-state index contributed by atoms with van der Waals surface area (Å²) in [6.45, 7) is 2.72. The molecule has 0 amide bonds. The zero-order valence-corrected chi connectivity index (χ0v) is 11.6. The number of halogens is 1. The smallest absolute Gasteiger partial charge is 0.128 e. The van der Waals surface area contributed by atoms with Gasteiger partial charge in [0.1, 0.15) is 11.0 Å². The van der Waals surface area contributed by atoms with Gasteiger partial charge < -0.3 is 9.88 Å². The van der Waals surface area contributed by atoms with Crippen molar-refractivity contribution < 1.29 is 0 Å². The van der Waals surface area contributed by atoms with Crippen molar-refractivity contribution in [3.05, 3.63) is 52.6 Å². The van der Waals surface area contributed by atoms with Gasteiger partial charge in [-0.2, -0.15) is 5.26 Å². The number of rotatable bonds is 4. The van der Waals surface area contributed by atoms with E-state index in [-0.39, 0.29) is 6.04 Å². The maximum absolute atomic E-state index is 8.76. The molecule has 19 heavy (non-hydrogen) atoms. The normalized spacial score (nSPS) is 12.1. The predicted molar refractivity (Wildman–Crippen MR) is 74.6 cm³/mol. The Morgan fingerprint density at radius 2 is 2.11 bits per heavy atom. The molecule has 2 aromatic rings. The molecule has 2 rings (SSSR count). The average Bonchev–Trinajstić information content (AvgIpc) is 2.76. The molecule has 1 unspecified atom stereocenters. The fourth-order valence-corrected chi connectivity index (χ4v) is 1.94. The Morgan fingerprint density at radius 1 is 1.42 bits per heavy atom. The first-order valence-corrected chi connectivity index (χ1v) is 6.39. The summed E-state index contributed by atoms with van der Waals surface area (Å²) in [4.78, 5) is 4.23. The molecule has 0 radical (unpaired) electrons. The van der Waals surface area contributed by atoms with E-state index < -0.39 is 0 Å². The maximum atomic E-state index is 8.76. The molecule has 1 heterocycles. The summed E-state index contributed by atoms with van der Waals surface area (Å²) >= 11 is 5.94. The molecule has 0 spiro atoms. The first-order chi connectivity index (χ1) is 9.11. The third-order valence-corrected chi connectivity index (χ3v) is 3.48. The molecule has 98 valence electrons. The highest BCUT2D eigenvalue weighted by molar-refractivity contribution is 6.29. The monoisotopic (exact) mass is 274 g/mol. The first kappa shape index (κ1) is 13.6. The van der Waals surface area contributed by atoms with E-state index in [1.807, 2.05) is 35.9 Å². The van der Waals surface area contributed by atoms with E-state index in [4.69, 9.17) is 16.9 Å². The summed E-state index contributed by atoms with van der Waals surface area (Å²) in [7, 11) is 1.89. The number of nitrogens with zero attached hydrogens (tertiary/aromatic N) is 3. The highest BCUT2D eigenvalue weighted by Gasteiger charge is 2.08. The van der Waals surface area contributed by atoms with Crippen molar-refractivity contribution in [3.8, 4) is 6.07 Å². The van der Waals surface area contributed by atoms with Crippen LogP contribution in [0.4, 0.5) is 0 Å². The Morgan fingerprint density at radius 3 is 2.63 bits per heavy atom. The van der Waals surface area contributed by atoms with E-state index in [1.54, 1.807) is 6.20 Å². The lowest BCUT2D eigenvalue weighted by molar-refractivity contribution is 0.549. The van der Waals surface area contributed by atoms with Crippen LogP contribution in [-0.4, -0.2) is 9.55 Å². The second-order valence-corrected chi connectivity index (χ2v) is 4.78. The van der Waals surface area contributed by atoms with Gasteiger partial charge in [0, 0.05) is 13.1 Å². The Labute approximate surface area is 117 Å². The van der Waals surface area contributed by atoms with Crippen LogP contribution < -0.4 is 5.32 Å². The third-order valence-electron chi connectivity index (χ3n) is 3.13. The minimum Gasteiger partial charge on any atom is -0.321 e. The average molecular weight is 275 g/mol. The number of nitrogens with one attached hydrogen (secondary N) is 1. The molecule has 1 aromatic carbocycles. The van der Waals surface area contributed by atoms with Crippen molar-refractivity contribution in [2.75, 3.05) is 0 Å². The van der Waals surface area contributed by atoms with Gasteiger partial charge in [-0.25, -0.2) is 4.98 Å². The molecule has 1 N–H and O–H groups in total. The van der Waals surface area contributed by atoms with Crippen LogP contribution in [0.2, 0.25) is 5.15 Å². The number of imidazole rings is 1. The Bertz CT molecular complexity index is 595. The van der Waals surface area contributed by atoms with Crippen molar-refractivity contribution in [1.82, 2.24) is 14.9 Å². The van der Waals surface area contributed by atoms with Crippen LogP contribution >= 0.6 is 11.6 Å². The molecule has 0 aliphatic carbocycles. The molecule has 0 aliphatic rings. The standard InChI is InChI=1S/C14H15ClN4/c1-10(12-5-3-11(7-16)4-6-12)17-9-14-18-8-13(15)19(14)2/h3-6,8,10,17H,9H2,1-2H3. The van der Waals surface area contributed by atoms with Crippen LogP contribution in [0.15, 0.2) is 30.5 Å². The van der Waals surface area contributed by atoms with Crippen molar-refractivity contribution >= 4 is 11.6 Å². The summed E-state index contributed by atoms with van der Waals surface area (Å²) in [5, 5.41) is 12.8. The molecule has 0 fully saturated rings. The van der Waals surface area contributed by atoms with Gasteiger partial charge in [0.2, 0.25) is 0 Å². The molecule has 0 saturated carbocycles. The van der Waals surface area contributed by atoms with E-state index in [0.717, 1.165) is 11.4 Å². The van der Waals surface area contributed by atoms with E-state index in [9.17, 15) is 0 Å². The molecule has 0 aliphatic heterocycles. The zero-order chi connectivity index (χ0) is 13.8. The van der Waals surface area contributed by atoms with E-state index in [2.05, 4.69) is 23.3 Å². The van der Waals surface area contributed by atoms with Gasteiger partial charge in [-0.3, -0.25) is 0 Å². The van der Waals surface area contributed by atoms with Crippen molar-refractivity contribution in [2.24, 2.45) is 7.05 Å². The largest absolute Gasteiger partial charge is 0.321 e. The summed E-state index contributed by atoms with van der Waals surface area (Å²) in [5.74, 6) is 0.894. The highest BCUT2D eigenvalue weighted by Crippen LogP contribution is 2.14. The van der Waals surface area contributed by atoms with Gasteiger partial charge in [0.25, 0.3) is 0 Å². The van der Waals surface area contributed by atoms with E-state index >= 15 is 0 Å². The molecular formula is C14H15ClN4. The van der Waals surface area contributed by atoms with E-state index in [0.29, 0.717) is 17.3 Å². The van der Waals surface area contributed by atoms with Crippen LogP contribution in [0.1, 0.15) is 29.9 Å². The molecule has 1 aromatic heterocycles. The van der Waals surface area contributed by atoms with E-state index in [1.165, 1.54) is 0 Å². The van der Waals surface area contributed by atoms with Gasteiger partial charge in [0.15, 0.2) is 0 Å². The highest BCUT2D eigenvalue weighted by atomic mass is 35.5. The predicted octanol–water partition coefficient (Wildman–Crippen LogP) is 2.80. The fraction of sp³-hybridized carbons (Fsp3) is 0.286. The molecule has 1 atom stereocenters. The number of benzene rings is 1. The van der Waals surface area contributed by atoms with Crippen molar-refractivity contribution in [2.45, 2.75) is 19.5 Å². The number of nitriles is 1. The maximum Gasteiger partial charge on any atom is 0.128 e. The summed E-state index contributed by atoms with van der Waals surface area (Å²) in [6, 6.07) is 9.87. The lowest BCUT2D eigenvalue weighted by Crippen LogP contribution is -2.20. The summed E-state index contributed by atoms with van der Waals surface area (Å²) < 4.78 is 1.85. The van der Waals surface area contributed by atoms with Gasteiger partial charge >= 0.3 is 0 Å².